The van der Waals surface area contributed by atoms with Gasteiger partial charge in [0.05, 0.1) is 5.56 Å². The van der Waals surface area contributed by atoms with E-state index < -0.39 is 18.0 Å². The first-order valence-corrected chi connectivity index (χ1v) is 8.15. The molecule has 0 saturated carbocycles. The molecule has 27 heavy (non-hydrogen) atoms. The van der Waals surface area contributed by atoms with Gasteiger partial charge in [-0.2, -0.15) is 0 Å². The van der Waals surface area contributed by atoms with E-state index >= 15 is 0 Å². The lowest BCUT2D eigenvalue weighted by Gasteiger charge is -2.11. The number of hydrogen-bond acceptors (Lipinski definition) is 1. The highest BCUT2D eigenvalue weighted by atomic mass is 19.4. The summed E-state index contributed by atoms with van der Waals surface area (Å²) in [7, 11) is 0. The van der Waals surface area contributed by atoms with Crippen molar-refractivity contribution in [1.29, 1.82) is 0 Å². The third kappa shape index (κ3) is 4.45. The Morgan fingerprint density at radius 1 is 0.889 bits per heavy atom. The summed E-state index contributed by atoms with van der Waals surface area (Å²) in [6.07, 6.45) is -2.02. The van der Waals surface area contributed by atoms with Gasteiger partial charge in [0, 0.05) is 0 Å². The Morgan fingerprint density at radius 3 is 2.15 bits per heavy atom. The van der Waals surface area contributed by atoms with Crippen molar-refractivity contribution < 1.29 is 26.7 Å². The molecule has 0 atom stereocenters. The Hall–Kier alpha value is -2.89. The van der Waals surface area contributed by atoms with Crippen LogP contribution in [0.1, 0.15) is 12.0 Å². The number of alkyl halides is 3. The molecule has 0 saturated heterocycles. The monoisotopic (exact) mass is 378 g/mol. The normalized spacial score (nSPS) is 11.6. The average molecular weight is 378 g/mol. The van der Waals surface area contributed by atoms with E-state index in [0.29, 0.717) is 34.7 Å². The van der Waals surface area contributed by atoms with Gasteiger partial charge in [-0.3, -0.25) is 0 Å². The van der Waals surface area contributed by atoms with E-state index in [1.165, 1.54) is 42.5 Å². The molecular weight excluding hydrogens is 363 g/mol. The van der Waals surface area contributed by atoms with Crippen LogP contribution in [0.25, 0.3) is 21.9 Å². The topological polar surface area (TPSA) is 9.23 Å². The summed E-state index contributed by atoms with van der Waals surface area (Å²) < 4.78 is 69.8. The molecular formula is C21H15F5O. The summed E-state index contributed by atoms with van der Waals surface area (Å²) in [6, 6.07) is 10.8. The highest BCUT2D eigenvalue weighted by Gasteiger charge is 2.31. The molecule has 0 fully saturated rings. The molecule has 0 spiro atoms. The van der Waals surface area contributed by atoms with Gasteiger partial charge in [-0.05, 0) is 65.1 Å². The molecule has 3 rings (SSSR count). The Kier molecular flexibility index (Phi) is 5.17. The molecule has 0 aromatic heterocycles. The molecule has 3 aromatic carbocycles. The fourth-order valence-corrected chi connectivity index (χ4v) is 2.89. The molecule has 140 valence electrons. The minimum atomic E-state index is -4.78. The van der Waals surface area contributed by atoms with Gasteiger partial charge in [-0.15, -0.1) is 19.8 Å². The first-order valence-electron chi connectivity index (χ1n) is 8.15. The molecule has 0 amide bonds. The van der Waals surface area contributed by atoms with Crippen LogP contribution < -0.4 is 4.74 Å². The second-order valence-electron chi connectivity index (χ2n) is 6.03. The number of hydrogen-bond donors (Lipinski definition) is 0. The average Bonchev–Trinajstić information content (AvgIpc) is 2.58. The highest BCUT2D eigenvalue weighted by molar-refractivity contribution is 5.88. The van der Waals surface area contributed by atoms with Crippen LogP contribution in [-0.2, 0) is 6.42 Å². The molecule has 3 aromatic rings. The van der Waals surface area contributed by atoms with Gasteiger partial charge in [0.2, 0.25) is 0 Å². The van der Waals surface area contributed by atoms with Crippen molar-refractivity contribution in [3.63, 3.8) is 0 Å². The Bertz CT molecular complexity index is 969. The van der Waals surface area contributed by atoms with Gasteiger partial charge in [-0.25, -0.2) is 8.78 Å². The van der Waals surface area contributed by atoms with Gasteiger partial charge in [0.25, 0.3) is 0 Å². The van der Waals surface area contributed by atoms with Crippen LogP contribution in [0.15, 0.2) is 61.2 Å². The standard InChI is InChI=1S/C21H15F5O/c1-2-3-4-13-9-18(22)20(19(23)10-13)16-6-5-15-12-17(27-21(24,25)26)8-7-14(15)11-16/h2,5-12H,1,3-4H2. The number of aryl methyl sites for hydroxylation is 1. The van der Waals surface area contributed by atoms with E-state index in [4.69, 9.17) is 0 Å². The first-order chi connectivity index (χ1) is 12.8. The maximum absolute atomic E-state index is 14.5. The van der Waals surface area contributed by atoms with E-state index in [9.17, 15) is 22.0 Å². The van der Waals surface area contributed by atoms with Crippen LogP contribution >= 0.6 is 0 Å². The minimum absolute atomic E-state index is 0.171. The van der Waals surface area contributed by atoms with Crippen LogP contribution in [0.4, 0.5) is 22.0 Å². The second kappa shape index (κ2) is 7.39. The SMILES string of the molecule is C=CCCc1cc(F)c(-c2ccc3cc(OC(F)(F)F)ccc3c2)c(F)c1. The van der Waals surface area contributed by atoms with Crippen LogP contribution in [0.5, 0.6) is 5.75 Å². The maximum atomic E-state index is 14.5. The second-order valence-corrected chi connectivity index (χ2v) is 6.03. The largest absolute Gasteiger partial charge is 0.573 e. The molecule has 0 N–H and O–H groups in total. The first kappa shape index (κ1) is 18.9. The highest BCUT2D eigenvalue weighted by Crippen LogP contribution is 2.32. The van der Waals surface area contributed by atoms with Crippen molar-refractivity contribution in [2.45, 2.75) is 19.2 Å². The molecule has 0 bridgehead atoms. The van der Waals surface area contributed by atoms with Gasteiger partial charge >= 0.3 is 6.36 Å². The van der Waals surface area contributed by atoms with Crippen LogP contribution in [-0.4, -0.2) is 6.36 Å². The van der Waals surface area contributed by atoms with Crippen molar-refractivity contribution in [3.8, 4) is 16.9 Å². The van der Waals surface area contributed by atoms with Crippen LogP contribution in [0.2, 0.25) is 0 Å². The van der Waals surface area contributed by atoms with E-state index in [1.54, 1.807) is 6.08 Å². The van der Waals surface area contributed by atoms with Gasteiger partial charge in [0.1, 0.15) is 17.4 Å². The third-order valence-corrected chi connectivity index (χ3v) is 4.07. The molecule has 0 aliphatic rings. The molecule has 0 aliphatic heterocycles. The lowest BCUT2D eigenvalue weighted by molar-refractivity contribution is -0.274. The zero-order chi connectivity index (χ0) is 19.6. The zero-order valence-electron chi connectivity index (χ0n) is 14.1. The van der Waals surface area contributed by atoms with E-state index in [0.717, 1.165) is 6.07 Å². The van der Waals surface area contributed by atoms with Crippen molar-refractivity contribution in [2.75, 3.05) is 0 Å². The van der Waals surface area contributed by atoms with Gasteiger partial charge in [0.15, 0.2) is 0 Å². The summed E-state index contributed by atoms with van der Waals surface area (Å²) >= 11 is 0. The van der Waals surface area contributed by atoms with Gasteiger partial charge < -0.3 is 4.74 Å². The number of fused-ring (bicyclic) bond motifs is 1. The van der Waals surface area contributed by atoms with Crippen LogP contribution in [0.3, 0.4) is 0 Å². The predicted octanol–water partition coefficient (Wildman–Crippen LogP) is 6.80. The number of rotatable bonds is 5. The van der Waals surface area contributed by atoms with Crippen molar-refractivity contribution in [1.82, 2.24) is 0 Å². The zero-order valence-corrected chi connectivity index (χ0v) is 14.1. The van der Waals surface area contributed by atoms with E-state index in [-0.39, 0.29) is 11.3 Å². The fourth-order valence-electron chi connectivity index (χ4n) is 2.89. The lowest BCUT2D eigenvalue weighted by atomic mass is 9.98. The Labute approximate surface area is 152 Å². The molecule has 1 nitrogen and oxygen atoms in total. The van der Waals surface area contributed by atoms with Crippen molar-refractivity contribution >= 4 is 10.8 Å². The number of halogens is 5. The Balaban J connectivity index is 1.98. The molecule has 0 aliphatic carbocycles. The minimum Gasteiger partial charge on any atom is -0.406 e. The van der Waals surface area contributed by atoms with Gasteiger partial charge in [-0.1, -0.05) is 24.3 Å². The van der Waals surface area contributed by atoms with Crippen LogP contribution in [0, 0.1) is 11.6 Å². The molecule has 0 heterocycles. The van der Waals surface area contributed by atoms with E-state index in [2.05, 4.69) is 11.3 Å². The number of benzene rings is 3. The third-order valence-electron chi connectivity index (χ3n) is 4.07. The summed E-state index contributed by atoms with van der Waals surface area (Å²) in [5, 5.41) is 1.00. The molecule has 6 heteroatoms. The summed E-state index contributed by atoms with van der Waals surface area (Å²) in [5.41, 5.74) is 0.663. The Morgan fingerprint density at radius 2 is 1.52 bits per heavy atom. The lowest BCUT2D eigenvalue weighted by Crippen LogP contribution is -2.16. The smallest absolute Gasteiger partial charge is 0.406 e. The predicted molar refractivity (Wildman–Crippen MR) is 94.5 cm³/mol. The number of ether oxygens (including phenoxy) is 1. The van der Waals surface area contributed by atoms with E-state index in [1.807, 2.05) is 0 Å². The number of allylic oxidation sites excluding steroid dienone is 1. The molecule has 0 unspecified atom stereocenters. The quantitative estimate of drug-likeness (QED) is 0.350. The van der Waals surface area contributed by atoms with Crippen molar-refractivity contribution in [2.24, 2.45) is 0 Å². The fraction of sp³-hybridized carbons (Fsp3) is 0.143. The summed E-state index contributed by atoms with van der Waals surface area (Å²) in [6.45, 7) is 3.58. The van der Waals surface area contributed by atoms with Crippen molar-refractivity contribution in [3.05, 3.63) is 78.4 Å². The molecule has 0 radical (unpaired) electrons. The summed E-state index contributed by atoms with van der Waals surface area (Å²) in [4.78, 5) is 0. The summed E-state index contributed by atoms with van der Waals surface area (Å²) in [5.74, 6) is -1.73. The maximum Gasteiger partial charge on any atom is 0.573 e.